The zero-order valence-electron chi connectivity index (χ0n) is 18.2. The lowest BCUT2D eigenvalue weighted by Crippen LogP contribution is -2.67. The summed E-state index contributed by atoms with van der Waals surface area (Å²) in [5.74, 6) is 0.881. The fourth-order valence-corrected chi connectivity index (χ4v) is 5.93. The zero-order chi connectivity index (χ0) is 21.5. The van der Waals surface area contributed by atoms with Crippen LogP contribution in [0.3, 0.4) is 0 Å². The number of pyridine rings is 1. The molecule has 4 nitrogen and oxygen atoms in total. The molecule has 3 aromatic rings. The Labute approximate surface area is 184 Å². The van der Waals surface area contributed by atoms with Crippen LogP contribution in [0.2, 0.25) is 0 Å². The van der Waals surface area contributed by atoms with E-state index < -0.39 is 6.10 Å². The van der Waals surface area contributed by atoms with Crippen molar-refractivity contribution in [2.45, 2.75) is 38.0 Å². The van der Waals surface area contributed by atoms with Crippen LogP contribution in [0.4, 0.5) is 0 Å². The predicted molar refractivity (Wildman–Crippen MR) is 124 cm³/mol. The van der Waals surface area contributed by atoms with Crippen LogP contribution in [0.25, 0.3) is 10.9 Å². The van der Waals surface area contributed by atoms with Crippen LogP contribution < -0.4 is 4.74 Å². The first-order valence-electron chi connectivity index (χ1n) is 11.2. The summed E-state index contributed by atoms with van der Waals surface area (Å²) in [6.45, 7) is 7.26. The average molecular weight is 416 g/mol. The average Bonchev–Trinajstić information content (AvgIpc) is 2.84. The molecule has 0 radical (unpaired) electrons. The van der Waals surface area contributed by atoms with Crippen LogP contribution in [0, 0.1) is 5.41 Å². The van der Waals surface area contributed by atoms with E-state index in [2.05, 4.69) is 35.8 Å². The highest BCUT2D eigenvalue weighted by Gasteiger charge is 2.56. The number of allylic oxidation sites excluding steroid dienone is 1. The Bertz CT molecular complexity index is 1080. The highest BCUT2D eigenvalue weighted by Crippen LogP contribution is 2.52. The summed E-state index contributed by atoms with van der Waals surface area (Å²) in [4.78, 5) is 4.50. The number of nitrogens with zero attached hydrogens (tertiary/aromatic N) is 2. The molecule has 3 fully saturated rings. The summed E-state index contributed by atoms with van der Waals surface area (Å²) in [5.41, 5.74) is 3.38. The first kappa shape index (κ1) is 20.2. The van der Waals surface area contributed by atoms with Gasteiger partial charge >= 0.3 is 0 Å². The molecule has 0 spiro atoms. The fourth-order valence-electron chi connectivity index (χ4n) is 5.93. The molecule has 0 saturated carbocycles. The lowest BCUT2D eigenvalue weighted by atomic mass is 9.65. The third-order valence-electron chi connectivity index (χ3n) is 7.88. The summed E-state index contributed by atoms with van der Waals surface area (Å²) in [7, 11) is 1.70. The highest BCUT2D eigenvalue weighted by molar-refractivity contribution is 5.82. The van der Waals surface area contributed by atoms with Crippen molar-refractivity contribution in [1.29, 1.82) is 0 Å². The first-order chi connectivity index (χ1) is 15.1. The smallest absolute Gasteiger partial charge is 0.131 e. The molecule has 31 heavy (non-hydrogen) atoms. The van der Waals surface area contributed by atoms with Gasteiger partial charge in [-0.2, -0.15) is 0 Å². The summed E-state index contributed by atoms with van der Waals surface area (Å²) in [6, 6.07) is 18.7. The van der Waals surface area contributed by atoms with Gasteiger partial charge in [-0.1, -0.05) is 24.3 Å². The summed E-state index contributed by atoms with van der Waals surface area (Å²) in [5, 5.41) is 12.9. The molecule has 3 saturated heterocycles. The van der Waals surface area contributed by atoms with Gasteiger partial charge in [0.2, 0.25) is 0 Å². The van der Waals surface area contributed by atoms with Gasteiger partial charge in [-0.25, -0.2) is 0 Å². The van der Waals surface area contributed by atoms with Gasteiger partial charge in [-0.05, 0) is 42.0 Å². The second kappa shape index (κ2) is 7.77. The van der Waals surface area contributed by atoms with Crippen LogP contribution in [0.5, 0.6) is 5.75 Å². The number of hydrogen-bond donors (Lipinski definition) is 1. The van der Waals surface area contributed by atoms with Crippen molar-refractivity contribution in [2.24, 2.45) is 5.41 Å². The van der Waals surface area contributed by atoms with Crippen molar-refractivity contribution in [3.8, 4) is 5.75 Å². The fraction of sp³-hybridized carbons (Fsp3) is 0.370. The molecular formula is C27H31N2O2+. The van der Waals surface area contributed by atoms with E-state index in [0.717, 1.165) is 65.6 Å². The van der Waals surface area contributed by atoms with Crippen molar-refractivity contribution in [2.75, 3.05) is 20.2 Å². The van der Waals surface area contributed by atoms with Gasteiger partial charge in [-0.3, -0.25) is 4.98 Å². The number of hydrogen-bond acceptors (Lipinski definition) is 3. The number of quaternary nitrogens is 1. The van der Waals surface area contributed by atoms with Gasteiger partial charge in [0.05, 0.1) is 25.7 Å². The minimum Gasteiger partial charge on any atom is -0.497 e. The van der Waals surface area contributed by atoms with E-state index in [1.807, 2.05) is 42.6 Å². The van der Waals surface area contributed by atoms with Crippen molar-refractivity contribution < 1.29 is 14.3 Å². The number of ether oxygens (including phenoxy) is 1. The highest BCUT2D eigenvalue weighted by atomic mass is 16.5. The van der Waals surface area contributed by atoms with Crippen LogP contribution in [0.1, 0.15) is 36.5 Å². The van der Waals surface area contributed by atoms with E-state index in [0.29, 0.717) is 0 Å². The molecule has 4 heterocycles. The van der Waals surface area contributed by atoms with Gasteiger partial charge in [0.25, 0.3) is 0 Å². The SMILES string of the molecule is C=CC12CC[N+](Cc3ccc(OC)cc3)(CC1)C([C@@H](O)c1ccnc3ccccc13)C2. The van der Waals surface area contributed by atoms with Gasteiger partial charge in [-0.15, -0.1) is 6.58 Å². The van der Waals surface area contributed by atoms with Crippen LogP contribution in [0.15, 0.2) is 73.4 Å². The number of aromatic nitrogens is 1. The topological polar surface area (TPSA) is 42.4 Å². The summed E-state index contributed by atoms with van der Waals surface area (Å²) < 4.78 is 6.27. The molecule has 2 aromatic carbocycles. The third-order valence-corrected chi connectivity index (χ3v) is 7.88. The molecule has 160 valence electrons. The first-order valence-corrected chi connectivity index (χ1v) is 11.2. The van der Waals surface area contributed by atoms with Crippen molar-refractivity contribution in [3.05, 3.63) is 84.6 Å². The second-order valence-corrected chi connectivity index (χ2v) is 9.37. The quantitative estimate of drug-likeness (QED) is 0.453. The molecule has 0 amide bonds. The molecule has 2 bridgehead atoms. The van der Waals surface area contributed by atoms with E-state index >= 15 is 0 Å². The standard InChI is InChI=1S/C27H31N2O2/c1-3-27-13-16-29(17-14-27,19-20-8-10-21(31-2)11-9-20)25(18-27)26(30)23-12-15-28-24-7-5-4-6-22(23)24/h3-12,15,25-26,30H,1,13-14,16-19H2,2H3/q+1/t25?,26-,27?,29?/m0/s1. The molecule has 1 unspecified atom stereocenters. The number of methoxy groups -OCH3 is 1. The number of rotatable bonds is 6. The van der Waals surface area contributed by atoms with Gasteiger partial charge in [0.1, 0.15) is 24.4 Å². The number of aliphatic hydroxyl groups is 1. The number of para-hydroxylation sites is 1. The lowest BCUT2D eigenvalue weighted by Gasteiger charge is -2.59. The van der Waals surface area contributed by atoms with Gasteiger partial charge in [0, 0.05) is 41.8 Å². The van der Waals surface area contributed by atoms with Crippen LogP contribution in [-0.4, -0.2) is 40.8 Å². The molecular weight excluding hydrogens is 384 g/mol. The molecule has 1 N–H and O–H groups in total. The van der Waals surface area contributed by atoms with Crippen molar-refractivity contribution in [1.82, 2.24) is 4.98 Å². The molecule has 4 heteroatoms. The monoisotopic (exact) mass is 415 g/mol. The minimum atomic E-state index is -0.536. The Kier molecular flexibility index (Phi) is 5.07. The molecule has 3 aliphatic heterocycles. The molecule has 6 rings (SSSR count). The number of fused-ring (bicyclic) bond motifs is 4. The normalized spacial score (nSPS) is 28.4. The maximum absolute atomic E-state index is 11.8. The van der Waals surface area contributed by atoms with Crippen LogP contribution in [-0.2, 0) is 6.54 Å². The maximum atomic E-state index is 11.8. The Morgan fingerprint density at radius 3 is 2.61 bits per heavy atom. The van der Waals surface area contributed by atoms with Crippen molar-refractivity contribution in [3.63, 3.8) is 0 Å². The van der Waals surface area contributed by atoms with E-state index in [1.165, 1.54) is 5.56 Å². The van der Waals surface area contributed by atoms with E-state index in [9.17, 15) is 5.11 Å². The number of piperidine rings is 3. The Hall–Kier alpha value is -2.69. The van der Waals surface area contributed by atoms with Gasteiger partial charge < -0.3 is 14.3 Å². The molecule has 1 aromatic heterocycles. The second-order valence-electron chi connectivity index (χ2n) is 9.37. The summed E-state index contributed by atoms with van der Waals surface area (Å²) in [6.07, 6.45) is 6.72. The van der Waals surface area contributed by atoms with Crippen molar-refractivity contribution >= 4 is 10.9 Å². The molecule has 3 aliphatic rings. The Morgan fingerprint density at radius 2 is 1.90 bits per heavy atom. The number of aliphatic hydroxyl groups excluding tert-OH is 1. The number of benzene rings is 2. The molecule has 2 atom stereocenters. The van der Waals surface area contributed by atoms with E-state index in [4.69, 9.17) is 4.74 Å². The maximum Gasteiger partial charge on any atom is 0.131 e. The molecule has 0 aliphatic carbocycles. The third kappa shape index (κ3) is 3.44. The largest absolute Gasteiger partial charge is 0.497 e. The van der Waals surface area contributed by atoms with E-state index in [1.54, 1.807) is 7.11 Å². The van der Waals surface area contributed by atoms with Gasteiger partial charge in [0.15, 0.2) is 0 Å². The van der Waals surface area contributed by atoms with Crippen LogP contribution >= 0.6 is 0 Å². The lowest BCUT2D eigenvalue weighted by molar-refractivity contribution is -0.983. The predicted octanol–water partition coefficient (Wildman–Crippen LogP) is 5.03. The Balaban J connectivity index is 1.53. The zero-order valence-corrected chi connectivity index (χ0v) is 18.2. The summed E-state index contributed by atoms with van der Waals surface area (Å²) >= 11 is 0. The minimum absolute atomic E-state index is 0.133. The van der Waals surface area contributed by atoms with E-state index in [-0.39, 0.29) is 11.5 Å². The Morgan fingerprint density at radius 1 is 1.16 bits per heavy atom.